The van der Waals surface area contributed by atoms with E-state index in [2.05, 4.69) is 4.94 Å². The molecule has 7 nitrogen and oxygen atoms in total. The van der Waals surface area contributed by atoms with Crippen LogP contribution in [0.4, 0.5) is 27.8 Å². The van der Waals surface area contributed by atoms with Gasteiger partial charge in [0.1, 0.15) is 23.0 Å². The normalized spacial score (nSPS) is 13.2. The molecule has 4 rings (SSSR count). The molecule has 0 fully saturated rings. The van der Waals surface area contributed by atoms with Crippen LogP contribution in [0.1, 0.15) is 0 Å². The van der Waals surface area contributed by atoms with E-state index < -0.39 is 27.8 Å². The molecule has 0 heterocycles. The van der Waals surface area contributed by atoms with E-state index in [1.807, 2.05) is 6.07 Å². The summed E-state index contributed by atoms with van der Waals surface area (Å²) in [5.41, 5.74) is -0.303. The maximum atomic E-state index is 13.6. The lowest BCUT2D eigenvalue weighted by atomic mass is 10.2. The zero-order chi connectivity index (χ0) is 29.0. The van der Waals surface area contributed by atoms with Crippen molar-refractivity contribution in [3.63, 3.8) is 0 Å². The van der Waals surface area contributed by atoms with Crippen molar-refractivity contribution in [3.8, 4) is 23.0 Å². The summed E-state index contributed by atoms with van der Waals surface area (Å²) in [5, 5.41) is 1.56. The third-order valence-electron chi connectivity index (χ3n) is 5.36. The van der Waals surface area contributed by atoms with E-state index in [4.69, 9.17) is 9.47 Å². The second-order valence-electron chi connectivity index (χ2n) is 8.11. The van der Waals surface area contributed by atoms with Gasteiger partial charge in [-0.15, -0.1) is 4.94 Å². The highest BCUT2D eigenvalue weighted by molar-refractivity contribution is 7.91. The van der Waals surface area contributed by atoms with Crippen LogP contribution in [0.2, 0.25) is 0 Å². The van der Waals surface area contributed by atoms with Crippen LogP contribution in [0.5, 0.6) is 23.0 Å². The van der Waals surface area contributed by atoms with Crippen LogP contribution in [0.25, 0.3) is 0 Å². The molecule has 0 aromatic heterocycles. The molecule has 0 saturated carbocycles. The van der Waals surface area contributed by atoms with Crippen LogP contribution in [0.3, 0.4) is 0 Å². The Bertz CT molecular complexity index is 1560. The standard InChI is InChI=1S/C27H18F5NO6S/c28-26(39-32,27(29,30)31)25(34)33-18-6-8-20(9-7-18)38-22-12-16-24(17-13-22)40(35,36)23-14-10-21(11-15-23)37-19-4-2-1-3-5-19/h1-17H,(H,33,34). The van der Waals surface area contributed by atoms with Gasteiger partial charge in [0.25, 0.3) is 0 Å². The minimum atomic E-state index is -5.95. The number of para-hydroxylation sites is 1. The number of anilines is 1. The van der Waals surface area contributed by atoms with Crippen molar-refractivity contribution in [1.29, 1.82) is 0 Å². The molecule has 0 spiro atoms. The van der Waals surface area contributed by atoms with E-state index >= 15 is 0 Å². The zero-order valence-corrected chi connectivity index (χ0v) is 20.9. The molecular weight excluding hydrogens is 561 g/mol. The Kier molecular flexibility index (Phi) is 8.07. The molecule has 0 aliphatic carbocycles. The Hall–Kier alpha value is -4.49. The van der Waals surface area contributed by atoms with Crippen LogP contribution in [-0.2, 0) is 19.6 Å². The van der Waals surface area contributed by atoms with Crippen molar-refractivity contribution in [2.75, 3.05) is 5.32 Å². The average Bonchev–Trinajstić information content (AvgIpc) is 2.94. The summed E-state index contributed by atoms with van der Waals surface area (Å²) in [7, 11) is -3.86. The van der Waals surface area contributed by atoms with Crippen molar-refractivity contribution in [3.05, 3.63) is 103 Å². The summed E-state index contributed by atoms with van der Waals surface area (Å²) in [6.07, 6.45) is -5.95. The van der Waals surface area contributed by atoms with Crippen LogP contribution in [0.15, 0.2) is 113 Å². The van der Waals surface area contributed by atoms with Crippen LogP contribution in [-0.4, -0.2) is 26.4 Å². The van der Waals surface area contributed by atoms with Crippen molar-refractivity contribution in [2.45, 2.75) is 21.8 Å². The van der Waals surface area contributed by atoms with Crippen LogP contribution < -0.4 is 14.8 Å². The Balaban J connectivity index is 1.40. The van der Waals surface area contributed by atoms with E-state index in [9.17, 15) is 35.3 Å². The van der Waals surface area contributed by atoms with Crippen molar-refractivity contribution >= 4 is 21.4 Å². The van der Waals surface area contributed by atoms with Gasteiger partial charge < -0.3 is 14.8 Å². The van der Waals surface area contributed by atoms with Crippen LogP contribution >= 0.6 is 0 Å². The quantitative estimate of drug-likeness (QED) is 0.212. The predicted molar refractivity (Wildman–Crippen MR) is 132 cm³/mol. The Morgan fingerprint density at radius 3 is 1.43 bits per heavy atom. The summed E-state index contributed by atoms with van der Waals surface area (Å²) in [5.74, 6) is -6.17. The summed E-state index contributed by atoms with van der Waals surface area (Å²) in [6, 6.07) is 24.9. The number of carbonyl (C=O) groups excluding carboxylic acids is 1. The van der Waals surface area contributed by atoms with Gasteiger partial charge in [-0.1, -0.05) is 18.2 Å². The SMILES string of the molecule is O=C(Nc1ccc(Oc2ccc(S(=O)(=O)c3ccc(Oc4ccccc4)cc3)cc2)cc1)C(F)(OF)C(F)(F)F. The molecule has 0 saturated heterocycles. The molecule has 0 radical (unpaired) electrons. The van der Waals surface area contributed by atoms with Crippen molar-refractivity contribution in [2.24, 2.45) is 0 Å². The largest absolute Gasteiger partial charge is 0.461 e. The van der Waals surface area contributed by atoms with Crippen molar-refractivity contribution in [1.82, 2.24) is 0 Å². The summed E-state index contributed by atoms with van der Waals surface area (Å²) < 4.78 is 101. The lowest BCUT2D eigenvalue weighted by Gasteiger charge is -2.21. The van der Waals surface area contributed by atoms with E-state index in [1.165, 1.54) is 60.7 Å². The van der Waals surface area contributed by atoms with Gasteiger partial charge in [0, 0.05) is 5.69 Å². The van der Waals surface area contributed by atoms with Gasteiger partial charge >= 0.3 is 17.9 Å². The molecular formula is C27H18F5NO6S. The number of rotatable bonds is 9. The maximum Gasteiger partial charge on any atom is 0.461 e. The van der Waals surface area contributed by atoms with Gasteiger partial charge in [-0.05, 0) is 89.5 Å². The molecule has 0 aliphatic rings. The van der Waals surface area contributed by atoms with Crippen molar-refractivity contribution < 1.29 is 49.7 Å². The highest BCUT2D eigenvalue weighted by Gasteiger charge is 2.65. The molecule has 1 N–H and O–H groups in total. The number of sulfone groups is 1. The zero-order valence-electron chi connectivity index (χ0n) is 20.1. The second kappa shape index (κ2) is 11.3. The van der Waals surface area contributed by atoms with Crippen LogP contribution in [0, 0.1) is 0 Å². The molecule has 1 atom stereocenters. The van der Waals surface area contributed by atoms with Gasteiger partial charge in [0.05, 0.1) is 9.79 Å². The van der Waals surface area contributed by atoms with E-state index in [0.717, 1.165) is 12.1 Å². The number of nitrogens with one attached hydrogen (secondary N) is 1. The Labute approximate surface area is 224 Å². The molecule has 4 aromatic carbocycles. The number of benzene rings is 4. The first kappa shape index (κ1) is 28.5. The minimum Gasteiger partial charge on any atom is -0.457 e. The van der Waals surface area contributed by atoms with Gasteiger partial charge in [0.15, 0.2) is 0 Å². The fourth-order valence-corrected chi connectivity index (χ4v) is 4.56. The molecule has 0 bridgehead atoms. The fraction of sp³-hybridized carbons (Fsp3) is 0.0741. The number of alkyl halides is 4. The summed E-state index contributed by atoms with van der Waals surface area (Å²) in [6.45, 7) is 0. The lowest BCUT2D eigenvalue weighted by molar-refractivity contribution is -0.379. The molecule has 0 aliphatic heterocycles. The third-order valence-corrected chi connectivity index (χ3v) is 7.14. The molecule has 13 heteroatoms. The first-order valence-electron chi connectivity index (χ1n) is 11.3. The van der Waals surface area contributed by atoms with Gasteiger partial charge in [-0.3, -0.25) is 4.79 Å². The predicted octanol–water partition coefficient (Wildman–Crippen LogP) is 7.17. The Morgan fingerprint density at radius 1 is 0.625 bits per heavy atom. The number of carbonyl (C=O) groups is 1. The second-order valence-corrected chi connectivity index (χ2v) is 10.1. The molecule has 4 aromatic rings. The first-order chi connectivity index (χ1) is 18.9. The molecule has 1 unspecified atom stereocenters. The molecule has 208 valence electrons. The monoisotopic (exact) mass is 579 g/mol. The minimum absolute atomic E-state index is 0.0101. The number of hydrogen-bond acceptors (Lipinski definition) is 6. The highest BCUT2D eigenvalue weighted by Crippen LogP contribution is 2.37. The third kappa shape index (κ3) is 6.21. The number of hydrogen-bond donors (Lipinski definition) is 1. The fourth-order valence-electron chi connectivity index (χ4n) is 3.30. The smallest absolute Gasteiger partial charge is 0.457 e. The molecule has 1 amide bonds. The average molecular weight is 579 g/mol. The summed E-state index contributed by atoms with van der Waals surface area (Å²) in [4.78, 5) is 13.8. The van der Waals surface area contributed by atoms with E-state index in [-0.39, 0.29) is 27.0 Å². The van der Waals surface area contributed by atoms with Gasteiger partial charge in [-0.25, -0.2) is 8.42 Å². The van der Waals surface area contributed by atoms with E-state index in [0.29, 0.717) is 11.5 Å². The highest BCUT2D eigenvalue weighted by atomic mass is 32.2. The van der Waals surface area contributed by atoms with E-state index in [1.54, 1.807) is 29.6 Å². The topological polar surface area (TPSA) is 90.9 Å². The first-order valence-corrected chi connectivity index (χ1v) is 12.7. The molecule has 40 heavy (non-hydrogen) atoms. The number of ether oxygens (including phenoxy) is 2. The summed E-state index contributed by atoms with van der Waals surface area (Å²) >= 11 is 0. The lowest BCUT2D eigenvalue weighted by Crippen LogP contribution is -2.51. The maximum absolute atomic E-state index is 13.6. The van der Waals surface area contributed by atoms with Gasteiger partial charge in [0.2, 0.25) is 9.84 Å². The van der Waals surface area contributed by atoms with Gasteiger partial charge in [-0.2, -0.15) is 17.6 Å². The number of amides is 1. The Morgan fingerprint density at radius 2 is 1.02 bits per heavy atom. The number of halogens is 5.